The van der Waals surface area contributed by atoms with Crippen LogP contribution in [0, 0.1) is 5.82 Å². The molecule has 0 N–H and O–H groups in total. The molecule has 4 nitrogen and oxygen atoms in total. The van der Waals surface area contributed by atoms with E-state index in [0.717, 1.165) is 50.5 Å². The third-order valence-corrected chi connectivity index (χ3v) is 5.66. The fourth-order valence-electron chi connectivity index (χ4n) is 4.29. The molecule has 3 heterocycles. The highest BCUT2D eigenvalue weighted by Gasteiger charge is 2.28. The second-order valence-electron chi connectivity index (χ2n) is 7.56. The number of nitrogens with zero attached hydrogens (tertiary/aromatic N) is 2. The number of benzene rings is 2. The molecule has 140 valence electrons. The van der Waals surface area contributed by atoms with Crippen LogP contribution in [0.1, 0.15) is 22.8 Å². The van der Waals surface area contributed by atoms with E-state index in [4.69, 9.17) is 9.15 Å². The summed E-state index contributed by atoms with van der Waals surface area (Å²) >= 11 is 0. The van der Waals surface area contributed by atoms with E-state index < -0.39 is 0 Å². The lowest BCUT2D eigenvalue weighted by Crippen LogP contribution is -2.36. The van der Waals surface area contributed by atoms with Gasteiger partial charge in [-0.3, -0.25) is 0 Å². The van der Waals surface area contributed by atoms with Crippen LogP contribution in [0.2, 0.25) is 0 Å². The van der Waals surface area contributed by atoms with Crippen molar-refractivity contribution in [3.05, 3.63) is 65.2 Å². The lowest BCUT2D eigenvalue weighted by atomic mass is 9.87. The highest BCUT2D eigenvalue weighted by Crippen LogP contribution is 2.37. The molecule has 1 aromatic heterocycles. The Balaban J connectivity index is 1.53. The van der Waals surface area contributed by atoms with Gasteiger partial charge in [0.25, 0.3) is 0 Å². The number of furan rings is 1. The molecule has 2 aliphatic heterocycles. The molecule has 1 atom stereocenters. The number of anilines is 1. The van der Waals surface area contributed by atoms with Crippen LogP contribution in [0.5, 0.6) is 0 Å². The Morgan fingerprint density at radius 3 is 2.74 bits per heavy atom. The van der Waals surface area contributed by atoms with Gasteiger partial charge in [0.1, 0.15) is 17.2 Å². The molecular formula is C22H23FN2O2. The number of ether oxygens (including phenoxy) is 1. The number of fused-ring (bicyclic) bond motifs is 2. The molecule has 0 spiro atoms. The Hall–Kier alpha value is -2.37. The largest absolute Gasteiger partial charge is 0.460 e. The van der Waals surface area contributed by atoms with Crippen molar-refractivity contribution in [2.75, 3.05) is 44.8 Å². The van der Waals surface area contributed by atoms with E-state index in [9.17, 15) is 4.39 Å². The van der Waals surface area contributed by atoms with Crippen LogP contribution < -0.4 is 4.90 Å². The Morgan fingerprint density at radius 1 is 1.04 bits per heavy atom. The summed E-state index contributed by atoms with van der Waals surface area (Å²) in [6.45, 7) is 5.27. The van der Waals surface area contributed by atoms with Crippen LogP contribution in [0.25, 0.3) is 11.0 Å². The second kappa shape index (κ2) is 6.66. The van der Waals surface area contributed by atoms with Crippen LogP contribution in [0.4, 0.5) is 10.1 Å². The smallest absolute Gasteiger partial charge is 0.137 e. The molecule has 2 aromatic carbocycles. The van der Waals surface area contributed by atoms with Crippen LogP contribution in [-0.2, 0) is 11.3 Å². The fourth-order valence-corrected chi connectivity index (χ4v) is 4.29. The van der Waals surface area contributed by atoms with Crippen molar-refractivity contribution in [3.8, 4) is 0 Å². The van der Waals surface area contributed by atoms with Crippen LogP contribution in [0.15, 0.2) is 46.9 Å². The van der Waals surface area contributed by atoms with Gasteiger partial charge in [0.15, 0.2) is 0 Å². The van der Waals surface area contributed by atoms with E-state index in [2.05, 4.69) is 41.1 Å². The average molecular weight is 366 g/mol. The Kier molecular flexibility index (Phi) is 4.14. The normalized spacial score (nSPS) is 20.8. The zero-order chi connectivity index (χ0) is 18.4. The van der Waals surface area contributed by atoms with E-state index in [0.29, 0.717) is 5.58 Å². The molecule has 1 saturated heterocycles. The van der Waals surface area contributed by atoms with Gasteiger partial charge in [0.2, 0.25) is 0 Å². The van der Waals surface area contributed by atoms with Gasteiger partial charge in [-0.25, -0.2) is 4.39 Å². The van der Waals surface area contributed by atoms with Crippen molar-refractivity contribution in [3.63, 3.8) is 0 Å². The van der Waals surface area contributed by atoms with E-state index in [1.807, 2.05) is 0 Å². The van der Waals surface area contributed by atoms with Gasteiger partial charge >= 0.3 is 0 Å². The summed E-state index contributed by atoms with van der Waals surface area (Å²) in [6.07, 6.45) is 0. The van der Waals surface area contributed by atoms with Crippen molar-refractivity contribution in [2.24, 2.45) is 0 Å². The molecule has 1 unspecified atom stereocenters. The summed E-state index contributed by atoms with van der Waals surface area (Å²) < 4.78 is 25.0. The first-order chi connectivity index (χ1) is 13.2. The van der Waals surface area contributed by atoms with Gasteiger partial charge in [-0.15, -0.1) is 0 Å². The molecule has 2 aliphatic rings. The minimum absolute atomic E-state index is 0.160. The van der Waals surface area contributed by atoms with Gasteiger partial charge in [-0.1, -0.05) is 6.07 Å². The number of rotatable bonds is 2. The predicted octanol–water partition coefficient (Wildman–Crippen LogP) is 3.99. The molecule has 0 radical (unpaired) electrons. The van der Waals surface area contributed by atoms with Crippen molar-refractivity contribution in [2.45, 2.75) is 12.5 Å². The topological polar surface area (TPSA) is 28.9 Å². The molecule has 5 heteroatoms. The van der Waals surface area contributed by atoms with Crippen molar-refractivity contribution in [1.82, 2.24) is 4.90 Å². The highest BCUT2D eigenvalue weighted by atomic mass is 19.1. The standard InChI is InChI=1S/C22H23FN2O2/c1-24-13-16-10-18(25-6-8-26-9-7-25)4-5-19(16)20(14-24)22-11-15-2-3-17(23)12-21(15)27-22/h2-5,10-12,20H,6-9,13-14H2,1H3. The first-order valence-electron chi connectivity index (χ1n) is 9.50. The van der Waals surface area contributed by atoms with Crippen LogP contribution in [-0.4, -0.2) is 44.8 Å². The van der Waals surface area contributed by atoms with Crippen molar-refractivity contribution >= 4 is 16.7 Å². The number of halogens is 1. The van der Waals surface area contributed by atoms with Gasteiger partial charge in [0.05, 0.1) is 19.1 Å². The molecule has 0 amide bonds. The van der Waals surface area contributed by atoms with E-state index in [1.165, 1.54) is 28.9 Å². The first kappa shape index (κ1) is 16.8. The summed E-state index contributed by atoms with van der Waals surface area (Å²) in [7, 11) is 2.14. The molecule has 0 aliphatic carbocycles. The maximum absolute atomic E-state index is 13.5. The van der Waals surface area contributed by atoms with E-state index >= 15 is 0 Å². The highest BCUT2D eigenvalue weighted by molar-refractivity contribution is 5.78. The lowest BCUT2D eigenvalue weighted by Gasteiger charge is -2.34. The molecular weight excluding hydrogens is 343 g/mol. The van der Waals surface area contributed by atoms with Crippen LogP contribution in [0.3, 0.4) is 0 Å². The number of hydrogen-bond acceptors (Lipinski definition) is 4. The maximum atomic E-state index is 13.5. The molecule has 0 bridgehead atoms. The number of morpholine rings is 1. The zero-order valence-electron chi connectivity index (χ0n) is 15.5. The third-order valence-electron chi connectivity index (χ3n) is 5.66. The summed E-state index contributed by atoms with van der Waals surface area (Å²) in [6, 6.07) is 13.6. The first-order valence-corrected chi connectivity index (χ1v) is 9.50. The molecule has 5 rings (SSSR count). The Bertz CT molecular complexity index is 978. The minimum atomic E-state index is -0.264. The fraction of sp³-hybridized carbons (Fsp3) is 0.364. The molecule has 1 fully saturated rings. The minimum Gasteiger partial charge on any atom is -0.460 e. The summed E-state index contributed by atoms with van der Waals surface area (Å²) in [5, 5.41) is 0.950. The predicted molar refractivity (Wildman–Crippen MR) is 104 cm³/mol. The lowest BCUT2D eigenvalue weighted by molar-refractivity contribution is 0.122. The maximum Gasteiger partial charge on any atom is 0.137 e. The van der Waals surface area contributed by atoms with Crippen molar-refractivity contribution in [1.29, 1.82) is 0 Å². The molecule has 3 aromatic rings. The number of likely N-dealkylation sites (N-methyl/N-ethyl adjacent to an activating group) is 1. The third kappa shape index (κ3) is 3.11. The van der Waals surface area contributed by atoms with Gasteiger partial charge in [0, 0.05) is 43.3 Å². The Morgan fingerprint density at radius 2 is 1.89 bits per heavy atom. The SMILES string of the molecule is CN1Cc2cc(N3CCOCC3)ccc2C(c2cc3ccc(F)cc3o2)C1. The van der Waals surface area contributed by atoms with Gasteiger partial charge in [-0.2, -0.15) is 0 Å². The summed E-state index contributed by atoms with van der Waals surface area (Å²) in [5.74, 6) is 0.801. The second-order valence-corrected chi connectivity index (χ2v) is 7.56. The monoisotopic (exact) mass is 366 g/mol. The van der Waals surface area contributed by atoms with Crippen LogP contribution >= 0.6 is 0 Å². The summed E-state index contributed by atoms with van der Waals surface area (Å²) in [5.41, 5.74) is 4.52. The van der Waals surface area contributed by atoms with Gasteiger partial charge in [-0.05, 0) is 48.5 Å². The molecule has 27 heavy (non-hydrogen) atoms. The van der Waals surface area contributed by atoms with Gasteiger partial charge < -0.3 is 19.0 Å². The summed E-state index contributed by atoms with van der Waals surface area (Å²) in [4.78, 5) is 4.71. The number of hydrogen-bond donors (Lipinski definition) is 0. The average Bonchev–Trinajstić information content (AvgIpc) is 3.10. The Labute approximate surface area is 158 Å². The van der Waals surface area contributed by atoms with Crippen molar-refractivity contribution < 1.29 is 13.5 Å². The van der Waals surface area contributed by atoms with E-state index in [-0.39, 0.29) is 11.7 Å². The quantitative estimate of drug-likeness (QED) is 0.686. The zero-order valence-corrected chi connectivity index (χ0v) is 15.5. The molecule has 0 saturated carbocycles. The van der Waals surface area contributed by atoms with E-state index in [1.54, 1.807) is 6.07 Å².